The van der Waals surface area contributed by atoms with Crippen LogP contribution in [0.25, 0.3) is 0 Å². The monoisotopic (exact) mass is 228 g/mol. The van der Waals surface area contributed by atoms with Gasteiger partial charge in [0.2, 0.25) is 0 Å². The van der Waals surface area contributed by atoms with Gasteiger partial charge in [-0.1, -0.05) is 13.3 Å². The molecule has 0 aliphatic carbocycles. The minimum Gasteiger partial charge on any atom is -0.481 e. The molecule has 1 atom stereocenters. The quantitative estimate of drug-likeness (QED) is 0.694. The van der Waals surface area contributed by atoms with E-state index in [1.807, 2.05) is 6.92 Å². The van der Waals surface area contributed by atoms with Crippen molar-refractivity contribution in [3.05, 3.63) is 5.57 Å². The van der Waals surface area contributed by atoms with Crippen molar-refractivity contribution in [2.24, 2.45) is 5.92 Å². The second kappa shape index (κ2) is 9.09. The van der Waals surface area contributed by atoms with Crippen LogP contribution in [0.5, 0.6) is 0 Å². The lowest BCUT2D eigenvalue weighted by Crippen LogP contribution is -2.34. The van der Waals surface area contributed by atoms with Gasteiger partial charge in [0.15, 0.2) is 0 Å². The van der Waals surface area contributed by atoms with Crippen LogP contribution in [0.2, 0.25) is 0 Å². The average molecular weight is 228 g/mol. The molecule has 1 aliphatic heterocycles. The third-order valence-electron chi connectivity index (χ3n) is 2.27. The predicted octanol–water partition coefficient (Wildman–Crippen LogP) is 0.655. The first-order valence-corrected chi connectivity index (χ1v) is 5.42. The number of rotatable bonds is 3. The molecular weight excluding hydrogens is 210 g/mol. The Kier molecular flexibility index (Phi) is 8.43. The maximum atomic E-state index is 10.5. The number of carboxylic acids is 1. The highest BCUT2D eigenvalue weighted by molar-refractivity contribution is 5.78. The zero-order chi connectivity index (χ0) is 12.4. The molecule has 1 heterocycles. The molecule has 0 saturated carbocycles. The summed E-state index contributed by atoms with van der Waals surface area (Å²) in [5.74, 6) is 0.116. The molecule has 1 aliphatic rings. The van der Waals surface area contributed by atoms with Crippen molar-refractivity contribution in [2.75, 3.05) is 19.7 Å². The molecule has 1 rings (SSSR count). The van der Waals surface area contributed by atoms with Crippen LogP contribution in [0.3, 0.4) is 0 Å². The van der Waals surface area contributed by atoms with Gasteiger partial charge in [-0.2, -0.15) is 0 Å². The van der Waals surface area contributed by atoms with Gasteiger partial charge in [-0.05, 0) is 19.4 Å². The number of unbranched alkanes of at least 4 members (excludes halogenated alkanes) is 1. The lowest BCUT2D eigenvalue weighted by atomic mass is 9.94. The van der Waals surface area contributed by atoms with Crippen LogP contribution in [0, 0.1) is 5.92 Å². The van der Waals surface area contributed by atoms with Gasteiger partial charge in [0.25, 0.3) is 0 Å². The minimum absolute atomic E-state index is 0.0938. The van der Waals surface area contributed by atoms with Crippen molar-refractivity contribution in [1.82, 2.24) is 5.32 Å². The molecule has 1 saturated heterocycles. The highest BCUT2D eigenvalue weighted by Gasteiger charge is 2.25. The summed E-state index contributed by atoms with van der Waals surface area (Å²) in [5, 5.41) is 21.0. The molecule has 5 nitrogen and oxygen atoms in total. The van der Waals surface area contributed by atoms with Gasteiger partial charge in [0, 0.05) is 12.1 Å². The van der Waals surface area contributed by atoms with Crippen molar-refractivity contribution < 1.29 is 19.8 Å². The summed E-state index contributed by atoms with van der Waals surface area (Å²) in [6.45, 7) is 3.12. The van der Waals surface area contributed by atoms with Gasteiger partial charge in [0.05, 0.1) is 12.5 Å². The van der Waals surface area contributed by atoms with Crippen molar-refractivity contribution >= 4 is 11.9 Å². The molecule has 1 radical (unpaired) electrons. The number of carbonyl (C=O) groups excluding carboxylic acids is 1. The van der Waals surface area contributed by atoms with Crippen molar-refractivity contribution in [2.45, 2.75) is 26.2 Å². The molecule has 0 aromatic rings. The highest BCUT2D eigenvalue weighted by atomic mass is 16.4. The van der Waals surface area contributed by atoms with Gasteiger partial charge in [-0.15, -0.1) is 0 Å². The third kappa shape index (κ3) is 5.66. The Hall–Kier alpha value is -1.16. The molecule has 0 aromatic carbocycles. The molecule has 91 valence electrons. The Labute approximate surface area is 95.2 Å². The largest absolute Gasteiger partial charge is 0.481 e. The second-order valence-electron chi connectivity index (χ2n) is 3.54. The Morgan fingerprint density at radius 1 is 1.62 bits per heavy atom. The van der Waals surface area contributed by atoms with E-state index in [1.54, 1.807) is 5.94 Å². The van der Waals surface area contributed by atoms with Crippen LogP contribution in [-0.2, 0) is 14.7 Å². The maximum absolute atomic E-state index is 10.5. The van der Waals surface area contributed by atoms with Crippen molar-refractivity contribution in [1.29, 1.82) is 0 Å². The fraction of sp³-hybridized carbons (Fsp3) is 0.727. The minimum atomic E-state index is -0.926. The van der Waals surface area contributed by atoms with Crippen molar-refractivity contribution in [3.63, 3.8) is 0 Å². The van der Waals surface area contributed by atoms with E-state index in [0.29, 0.717) is 25.1 Å². The van der Waals surface area contributed by atoms with Crippen LogP contribution in [0.4, 0.5) is 0 Å². The maximum Gasteiger partial charge on any atom is 0.311 e. The normalized spacial score (nSPS) is 19.4. The molecule has 2 N–H and O–H groups in total. The second-order valence-corrected chi connectivity index (χ2v) is 3.54. The van der Waals surface area contributed by atoms with E-state index in [1.165, 1.54) is 0 Å². The van der Waals surface area contributed by atoms with E-state index in [2.05, 4.69) is 5.32 Å². The summed E-state index contributed by atoms with van der Waals surface area (Å²) in [7, 11) is 0. The molecule has 1 fully saturated rings. The van der Waals surface area contributed by atoms with Gasteiger partial charge in [-0.3, -0.25) is 4.79 Å². The number of hydrogen-bond acceptors (Lipinski definition) is 3. The molecule has 0 spiro atoms. The van der Waals surface area contributed by atoms with E-state index < -0.39 is 11.9 Å². The molecule has 0 aromatic heterocycles. The Morgan fingerprint density at radius 2 is 2.31 bits per heavy atom. The first-order chi connectivity index (χ1) is 7.67. The van der Waals surface area contributed by atoms with Crippen LogP contribution < -0.4 is 5.32 Å². The number of carboxylic acid groups (broad SMARTS) is 1. The fourth-order valence-electron chi connectivity index (χ4n) is 1.29. The predicted molar refractivity (Wildman–Crippen MR) is 58.3 cm³/mol. The van der Waals surface area contributed by atoms with Gasteiger partial charge < -0.3 is 10.4 Å². The van der Waals surface area contributed by atoms with E-state index >= 15 is 0 Å². The number of carbonyl (C=O) groups is 1. The smallest absolute Gasteiger partial charge is 0.311 e. The molecule has 0 amide bonds. The van der Waals surface area contributed by atoms with Crippen molar-refractivity contribution in [3.8, 4) is 0 Å². The number of aliphatic carboxylic acids is 1. The first kappa shape index (κ1) is 14.8. The van der Waals surface area contributed by atoms with E-state index in [9.17, 15) is 14.7 Å². The highest BCUT2D eigenvalue weighted by Crippen LogP contribution is 2.15. The number of nitrogens with one attached hydrogen (secondary N) is 1. The topological polar surface area (TPSA) is 86.3 Å². The summed E-state index contributed by atoms with van der Waals surface area (Å²) in [6.07, 6.45) is 2.35. The van der Waals surface area contributed by atoms with Crippen LogP contribution in [-0.4, -0.2) is 36.7 Å². The van der Waals surface area contributed by atoms with Crippen LogP contribution in [0.1, 0.15) is 26.2 Å². The van der Waals surface area contributed by atoms with E-state index in [0.717, 1.165) is 12.8 Å². The third-order valence-corrected chi connectivity index (χ3v) is 2.27. The zero-order valence-corrected chi connectivity index (χ0v) is 9.49. The SMILES string of the molecule is CCCC[O].O=C=C1CNCCC1C(=O)O. The lowest BCUT2D eigenvalue weighted by Gasteiger charge is -2.19. The van der Waals surface area contributed by atoms with Crippen LogP contribution in [0.15, 0.2) is 5.57 Å². The van der Waals surface area contributed by atoms with E-state index in [-0.39, 0.29) is 6.61 Å². The standard InChI is InChI=1S/C7H9NO3.C4H9O/c9-4-5-3-8-2-1-6(5)7(10)11;1-2-3-4-5/h6,8H,1-3H2,(H,10,11);2-4H2,1H3. The summed E-state index contributed by atoms with van der Waals surface area (Å²) in [4.78, 5) is 20.7. The fourth-order valence-corrected chi connectivity index (χ4v) is 1.29. The summed E-state index contributed by atoms with van der Waals surface area (Å²) < 4.78 is 0. The zero-order valence-electron chi connectivity index (χ0n) is 9.49. The lowest BCUT2D eigenvalue weighted by molar-refractivity contribution is -0.140. The van der Waals surface area contributed by atoms with Gasteiger partial charge in [0.1, 0.15) is 5.94 Å². The Balaban J connectivity index is 0.000000385. The summed E-state index contributed by atoms with van der Waals surface area (Å²) >= 11 is 0. The van der Waals surface area contributed by atoms with Crippen LogP contribution >= 0.6 is 0 Å². The molecule has 0 bridgehead atoms. The number of piperidine rings is 1. The van der Waals surface area contributed by atoms with Gasteiger partial charge >= 0.3 is 5.97 Å². The molecular formula is C11H18NO4. The number of hydrogen-bond donors (Lipinski definition) is 2. The molecule has 5 heteroatoms. The first-order valence-electron chi connectivity index (χ1n) is 5.42. The average Bonchev–Trinajstić information content (AvgIpc) is 2.31. The van der Waals surface area contributed by atoms with Gasteiger partial charge in [-0.25, -0.2) is 9.90 Å². The molecule has 16 heavy (non-hydrogen) atoms. The summed E-state index contributed by atoms with van der Waals surface area (Å²) in [5.41, 5.74) is 0.323. The Morgan fingerprint density at radius 3 is 2.62 bits per heavy atom. The molecule has 1 unspecified atom stereocenters. The Bertz CT molecular complexity index is 257. The van der Waals surface area contributed by atoms with E-state index in [4.69, 9.17) is 5.11 Å². The summed E-state index contributed by atoms with van der Waals surface area (Å²) in [6, 6.07) is 0.